The van der Waals surface area contributed by atoms with Crippen LogP contribution in [0.25, 0.3) is 11.3 Å². The zero-order valence-electron chi connectivity index (χ0n) is 18.7. The second-order valence-electron chi connectivity index (χ2n) is 9.95. The fraction of sp³-hybridized carbons (Fsp3) is 0.667. The molecule has 0 aromatic carbocycles. The average Bonchev–Trinajstić information content (AvgIpc) is 3.32. The van der Waals surface area contributed by atoms with E-state index in [1.807, 2.05) is 0 Å². The molecule has 2 N–H and O–H groups in total. The summed E-state index contributed by atoms with van der Waals surface area (Å²) in [6.45, 7) is 0.846. The van der Waals surface area contributed by atoms with Crippen LogP contribution in [0.15, 0.2) is 18.3 Å². The van der Waals surface area contributed by atoms with Crippen molar-refractivity contribution in [3.05, 3.63) is 24.0 Å². The minimum Gasteiger partial charge on any atom is -0.431 e. The van der Waals surface area contributed by atoms with Crippen molar-refractivity contribution in [1.29, 1.82) is 0 Å². The Morgan fingerprint density at radius 3 is 2.48 bits per heavy atom. The van der Waals surface area contributed by atoms with Crippen molar-refractivity contribution in [2.75, 3.05) is 32.0 Å². The molecule has 3 saturated carbocycles. The van der Waals surface area contributed by atoms with Crippen molar-refractivity contribution in [2.24, 2.45) is 11.8 Å². The summed E-state index contributed by atoms with van der Waals surface area (Å²) in [5.74, 6) is 1.83. The van der Waals surface area contributed by atoms with E-state index in [4.69, 9.17) is 15.6 Å². The van der Waals surface area contributed by atoms with E-state index < -0.39 is 6.61 Å². The van der Waals surface area contributed by atoms with Gasteiger partial charge < -0.3 is 15.2 Å². The number of hydrogen-bond acceptors (Lipinski definition) is 6. The largest absolute Gasteiger partial charge is 0.431 e. The molecular formula is C24H31F2N5O2. The van der Waals surface area contributed by atoms with Crippen molar-refractivity contribution >= 4 is 5.82 Å². The number of alkyl halides is 2. The van der Waals surface area contributed by atoms with Crippen molar-refractivity contribution in [3.63, 3.8) is 0 Å². The molecule has 2 aromatic heterocycles. The summed E-state index contributed by atoms with van der Waals surface area (Å²) < 4.78 is 37.9. The Morgan fingerprint density at radius 2 is 1.79 bits per heavy atom. The zero-order valence-corrected chi connectivity index (χ0v) is 18.7. The van der Waals surface area contributed by atoms with Gasteiger partial charge in [0.25, 0.3) is 0 Å². The molecule has 4 aliphatic rings. The second-order valence-corrected chi connectivity index (χ2v) is 9.95. The maximum Gasteiger partial charge on any atom is 0.387 e. The van der Waals surface area contributed by atoms with Crippen LogP contribution in [0.1, 0.15) is 56.2 Å². The van der Waals surface area contributed by atoms with Gasteiger partial charge in [-0.3, -0.25) is 9.58 Å². The summed E-state index contributed by atoms with van der Waals surface area (Å²) in [7, 11) is 0. The summed E-state index contributed by atoms with van der Waals surface area (Å²) in [4.78, 5) is 6.69. The first-order valence-electron chi connectivity index (χ1n) is 12.2. The van der Waals surface area contributed by atoms with E-state index in [1.54, 1.807) is 6.20 Å². The normalized spacial score (nSPS) is 30.2. The Kier molecular flexibility index (Phi) is 5.49. The number of rotatable bonds is 6. The molecule has 0 radical (unpaired) electrons. The van der Waals surface area contributed by atoms with E-state index in [1.165, 1.54) is 37.4 Å². The van der Waals surface area contributed by atoms with Crippen molar-refractivity contribution in [2.45, 2.75) is 63.1 Å². The highest BCUT2D eigenvalue weighted by molar-refractivity contribution is 5.64. The summed E-state index contributed by atoms with van der Waals surface area (Å²) in [6.07, 6.45) is 8.84. The lowest BCUT2D eigenvalue weighted by molar-refractivity contribution is -0.0494. The molecule has 4 fully saturated rings. The smallest absolute Gasteiger partial charge is 0.387 e. The topological polar surface area (TPSA) is 78.4 Å². The minimum atomic E-state index is -2.94. The van der Waals surface area contributed by atoms with E-state index in [0.29, 0.717) is 35.4 Å². The predicted octanol–water partition coefficient (Wildman–Crippen LogP) is 4.07. The standard InChI is InChI=1S/C24H31F2N5O2/c25-24(26)33-21-9-14(13-28-23(21)27)19-12-20(31(29-19)15-3-1-2-4-15)22-17-10-16(11-18(17)22)30-5-7-32-8-6-30/h9,12-13,15-18,22,24H,1-8,10-11H2,(H2,27,28)/t16-,17-,18+,22+. The molecule has 1 saturated heterocycles. The molecule has 2 aromatic rings. The number of nitrogen functional groups attached to an aromatic ring is 1. The number of halogens is 2. The van der Waals surface area contributed by atoms with E-state index in [9.17, 15) is 8.78 Å². The van der Waals surface area contributed by atoms with Gasteiger partial charge >= 0.3 is 6.61 Å². The maximum atomic E-state index is 12.8. The molecule has 6 rings (SSSR count). The highest BCUT2D eigenvalue weighted by atomic mass is 19.3. The molecule has 0 unspecified atom stereocenters. The third kappa shape index (κ3) is 3.99. The zero-order chi connectivity index (χ0) is 22.5. The van der Waals surface area contributed by atoms with Crippen LogP contribution in [0.4, 0.5) is 14.6 Å². The second kappa shape index (κ2) is 8.51. The number of hydrogen-bond donors (Lipinski definition) is 1. The Hall–Kier alpha value is -2.26. The van der Waals surface area contributed by atoms with Gasteiger partial charge in [-0.1, -0.05) is 12.8 Å². The van der Waals surface area contributed by atoms with Crippen LogP contribution in [0.5, 0.6) is 5.75 Å². The van der Waals surface area contributed by atoms with Crippen LogP contribution < -0.4 is 10.5 Å². The van der Waals surface area contributed by atoms with Crippen molar-refractivity contribution in [3.8, 4) is 17.0 Å². The average molecular weight is 460 g/mol. The van der Waals surface area contributed by atoms with Gasteiger partial charge in [-0.05, 0) is 49.7 Å². The first-order valence-corrected chi connectivity index (χ1v) is 12.2. The van der Waals surface area contributed by atoms with Gasteiger partial charge in [-0.25, -0.2) is 4.98 Å². The molecule has 7 nitrogen and oxygen atoms in total. The Labute approximate surface area is 192 Å². The van der Waals surface area contributed by atoms with E-state index in [-0.39, 0.29) is 11.6 Å². The molecular weight excluding hydrogens is 428 g/mol. The first-order chi connectivity index (χ1) is 16.1. The van der Waals surface area contributed by atoms with Crippen LogP contribution >= 0.6 is 0 Å². The molecule has 0 amide bonds. The van der Waals surface area contributed by atoms with Gasteiger partial charge in [0.2, 0.25) is 0 Å². The van der Waals surface area contributed by atoms with Crippen LogP contribution in [0, 0.1) is 11.8 Å². The minimum absolute atomic E-state index is 0.0413. The number of morpholine rings is 1. The number of ether oxygens (including phenoxy) is 2. The number of fused-ring (bicyclic) bond motifs is 1. The molecule has 0 spiro atoms. The molecule has 3 aliphatic carbocycles. The molecule has 4 atom stereocenters. The van der Waals surface area contributed by atoms with Crippen LogP contribution in [-0.2, 0) is 4.74 Å². The van der Waals surface area contributed by atoms with E-state index in [2.05, 4.69) is 25.4 Å². The van der Waals surface area contributed by atoms with Gasteiger partial charge in [0.1, 0.15) is 0 Å². The predicted molar refractivity (Wildman–Crippen MR) is 119 cm³/mol. The van der Waals surface area contributed by atoms with Gasteiger partial charge in [0.15, 0.2) is 11.6 Å². The van der Waals surface area contributed by atoms with Gasteiger partial charge in [0.05, 0.1) is 24.9 Å². The van der Waals surface area contributed by atoms with Crippen LogP contribution in [-0.4, -0.2) is 58.6 Å². The molecule has 3 heterocycles. The summed E-state index contributed by atoms with van der Waals surface area (Å²) >= 11 is 0. The highest BCUT2D eigenvalue weighted by Crippen LogP contribution is 2.64. The van der Waals surface area contributed by atoms with Crippen molar-refractivity contribution in [1.82, 2.24) is 19.7 Å². The summed E-state index contributed by atoms with van der Waals surface area (Å²) in [5, 5.41) is 4.98. The molecule has 9 heteroatoms. The third-order valence-corrected chi connectivity index (χ3v) is 8.15. The monoisotopic (exact) mass is 459 g/mol. The van der Waals surface area contributed by atoms with Crippen molar-refractivity contribution < 1.29 is 18.3 Å². The van der Waals surface area contributed by atoms with E-state index in [0.717, 1.165) is 44.8 Å². The fourth-order valence-corrected chi connectivity index (χ4v) is 6.52. The number of anilines is 1. The summed E-state index contributed by atoms with van der Waals surface area (Å²) in [6, 6.07) is 4.79. The van der Waals surface area contributed by atoms with E-state index >= 15 is 0 Å². The quantitative estimate of drug-likeness (QED) is 0.702. The third-order valence-electron chi connectivity index (χ3n) is 8.15. The molecule has 178 valence electrons. The Balaban J connectivity index is 1.26. The number of aromatic nitrogens is 3. The van der Waals surface area contributed by atoms with Crippen LogP contribution in [0.3, 0.4) is 0 Å². The lowest BCUT2D eigenvalue weighted by Gasteiger charge is -2.33. The number of nitrogens with zero attached hydrogens (tertiary/aromatic N) is 4. The van der Waals surface area contributed by atoms with Crippen LogP contribution in [0.2, 0.25) is 0 Å². The number of nitrogens with two attached hydrogens (primary N) is 1. The molecule has 33 heavy (non-hydrogen) atoms. The Morgan fingerprint density at radius 1 is 1.06 bits per heavy atom. The van der Waals surface area contributed by atoms with Gasteiger partial charge in [-0.15, -0.1) is 0 Å². The molecule has 0 bridgehead atoms. The highest BCUT2D eigenvalue weighted by Gasteiger charge is 2.58. The van der Waals surface area contributed by atoms with Gasteiger partial charge in [0, 0.05) is 42.5 Å². The summed E-state index contributed by atoms with van der Waals surface area (Å²) in [5.41, 5.74) is 8.47. The van der Waals surface area contributed by atoms with Gasteiger partial charge in [-0.2, -0.15) is 13.9 Å². The molecule has 1 aliphatic heterocycles. The Bertz CT molecular complexity index is 991. The maximum absolute atomic E-state index is 12.8. The fourth-order valence-electron chi connectivity index (χ4n) is 6.52. The SMILES string of the molecule is Nc1ncc(-c2cc([C@H]3[C@@H]4C[C@@H](N5CCOCC5)C[C@@H]43)n(C3CCCC3)n2)cc1OC(F)F. The lowest BCUT2D eigenvalue weighted by atomic mass is 10.0. The number of pyridine rings is 1. The lowest BCUT2D eigenvalue weighted by Crippen LogP contribution is -2.43. The first kappa shape index (κ1) is 21.3.